The van der Waals surface area contributed by atoms with Crippen LogP contribution in [0.5, 0.6) is 0 Å². The molecule has 2 aromatic heterocycles. The monoisotopic (exact) mass is 357 g/mol. The second-order valence-electron chi connectivity index (χ2n) is 5.69. The zero-order valence-corrected chi connectivity index (χ0v) is 14.3. The van der Waals surface area contributed by atoms with Crippen LogP contribution in [0, 0.1) is 0 Å². The number of hydrogen-bond acceptors (Lipinski definition) is 8. The van der Waals surface area contributed by atoms with E-state index in [1.807, 2.05) is 4.90 Å². The van der Waals surface area contributed by atoms with E-state index in [0.717, 1.165) is 0 Å². The maximum atomic E-state index is 12.6. The molecule has 0 atom stereocenters. The molecule has 2 aromatic rings. The van der Waals surface area contributed by atoms with E-state index in [2.05, 4.69) is 20.2 Å². The minimum absolute atomic E-state index is 0.192. The first-order valence-electron chi connectivity index (χ1n) is 8.07. The highest BCUT2D eigenvalue weighted by Crippen LogP contribution is 2.23. The van der Waals surface area contributed by atoms with Gasteiger partial charge in [0.1, 0.15) is 11.4 Å². The number of piperazine rings is 1. The van der Waals surface area contributed by atoms with Crippen molar-refractivity contribution in [2.45, 2.75) is 0 Å². The van der Waals surface area contributed by atoms with Gasteiger partial charge in [0.25, 0.3) is 5.91 Å². The van der Waals surface area contributed by atoms with Crippen molar-refractivity contribution < 1.29 is 19.5 Å². The van der Waals surface area contributed by atoms with Crippen molar-refractivity contribution in [3.05, 3.63) is 47.9 Å². The summed E-state index contributed by atoms with van der Waals surface area (Å²) in [6, 6.07) is 6.50. The number of esters is 1. The number of nitrogens with zero attached hydrogens (tertiary/aromatic N) is 4. The van der Waals surface area contributed by atoms with Crippen LogP contribution in [0.3, 0.4) is 0 Å². The number of rotatable bonds is 4. The molecule has 0 bridgehead atoms. The summed E-state index contributed by atoms with van der Waals surface area (Å²) >= 11 is 0. The zero-order chi connectivity index (χ0) is 18.5. The van der Waals surface area contributed by atoms with Crippen molar-refractivity contribution in [1.29, 1.82) is 0 Å². The summed E-state index contributed by atoms with van der Waals surface area (Å²) in [5, 5.41) is 9.19. The normalized spacial score (nSPS) is 14.1. The third-order valence-electron chi connectivity index (χ3n) is 4.18. The summed E-state index contributed by atoms with van der Waals surface area (Å²) < 4.78 is 4.62. The second kappa shape index (κ2) is 7.79. The van der Waals surface area contributed by atoms with Gasteiger partial charge in [0, 0.05) is 38.6 Å². The quantitative estimate of drug-likeness (QED) is 0.617. The number of carbonyl (C=O) groups is 2. The Kier molecular flexibility index (Phi) is 5.28. The molecule has 9 heteroatoms. The Hall–Kier alpha value is -3.20. The fraction of sp³-hybridized carbons (Fsp3) is 0.294. The van der Waals surface area contributed by atoms with Crippen molar-refractivity contribution in [2.75, 3.05) is 43.7 Å². The Morgan fingerprint density at radius 1 is 1.15 bits per heavy atom. The van der Waals surface area contributed by atoms with Crippen LogP contribution < -0.4 is 10.4 Å². The Morgan fingerprint density at radius 2 is 1.92 bits per heavy atom. The molecular weight excluding hydrogens is 338 g/mol. The number of aromatic nitrogens is 2. The van der Waals surface area contributed by atoms with Crippen LogP contribution in [0.4, 0.5) is 11.5 Å². The summed E-state index contributed by atoms with van der Waals surface area (Å²) in [7, 11) is 1.29. The van der Waals surface area contributed by atoms with Crippen LogP contribution in [0.25, 0.3) is 0 Å². The van der Waals surface area contributed by atoms with Crippen molar-refractivity contribution in [2.24, 2.45) is 0 Å². The number of hydrogen-bond donors (Lipinski definition) is 2. The largest absolute Gasteiger partial charge is 0.465 e. The topological polar surface area (TPSA) is 108 Å². The summed E-state index contributed by atoms with van der Waals surface area (Å²) in [5.74, 6) is -0.0426. The first-order chi connectivity index (χ1) is 12.6. The van der Waals surface area contributed by atoms with Gasteiger partial charge in [-0.25, -0.2) is 9.78 Å². The number of anilines is 2. The highest BCUT2D eigenvalue weighted by molar-refractivity contribution is 5.94. The van der Waals surface area contributed by atoms with Gasteiger partial charge in [-0.05, 0) is 24.3 Å². The van der Waals surface area contributed by atoms with Gasteiger partial charge >= 0.3 is 5.97 Å². The lowest BCUT2D eigenvalue weighted by atomic mass is 10.2. The van der Waals surface area contributed by atoms with E-state index in [0.29, 0.717) is 43.2 Å². The average Bonchev–Trinajstić information content (AvgIpc) is 2.73. The smallest absolute Gasteiger partial charge is 0.339 e. The minimum Gasteiger partial charge on any atom is -0.465 e. The minimum atomic E-state index is -0.492. The molecule has 3 heterocycles. The lowest BCUT2D eigenvalue weighted by molar-refractivity contribution is 0.0599. The molecule has 1 fully saturated rings. The van der Waals surface area contributed by atoms with Crippen molar-refractivity contribution in [1.82, 2.24) is 14.9 Å². The van der Waals surface area contributed by atoms with Gasteiger partial charge < -0.3 is 14.5 Å². The lowest BCUT2D eigenvalue weighted by Crippen LogP contribution is -2.49. The number of carbonyl (C=O) groups excluding carboxylic acids is 2. The van der Waals surface area contributed by atoms with Gasteiger partial charge in [0.05, 0.1) is 12.7 Å². The number of nitrogens with one attached hydrogen (secondary N) is 1. The molecule has 0 aliphatic carbocycles. The third-order valence-corrected chi connectivity index (χ3v) is 4.18. The fourth-order valence-corrected chi connectivity index (χ4v) is 2.78. The molecule has 136 valence electrons. The lowest BCUT2D eigenvalue weighted by Gasteiger charge is -2.35. The van der Waals surface area contributed by atoms with Gasteiger partial charge in [0.2, 0.25) is 0 Å². The van der Waals surface area contributed by atoms with E-state index in [-0.39, 0.29) is 11.6 Å². The number of methoxy groups -OCH3 is 1. The summed E-state index contributed by atoms with van der Waals surface area (Å²) in [6.45, 7) is 2.16. The molecule has 1 amide bonds. The fourth-order valence-electron chi connectivity index (χ4n) is 2.78. The predicted octanol–water partition coefficient (Wildman–Crippen LogP) is 1.03. The van der Waals surface area contributed by atoms with Crippen LogP contribution in [-0.4, -0.2) is 65.2 Å². The summed E-state index contributed by atoms with van der Waals surface area (Å²) in [6.07, 6.45) is 2.99. The SMILES string of the molecule is COC(=O)c1ccc(C(=O)N2CCN(c3ncccc3NO)CC2)nc1. The summed E-state index contributed by atoms with van der Waals surface area (Å²) in [5.41, 5.74) is 3.24. The third kappa shape index (κ3) is 3.57. The molecule has 0 radical (unpaired) electrons. The Bertz CT molecular complexity index is 788. The van der Waals surface area contributed by atoms with Crippen LogP contribution in [0.15, 0.2) is 36.7 Å². The van der Waals surface area contributed by atoms with Gasteiger partial charge in [-0.15, -0.1) is 0 Å². The molecule has 1 saturated heterocycles. The maximum Gasteiger partial charge on any atom is 0.339 e. The molecular formula is C17H19N5O4. The van der Waals surface area contributed by atoms with E-state index in [4.69, 9.17) is 0 Å². The Labute approximate surface area is 150 Å². The molecule has 0 aromatic carbocycles. The van der Waals surface area contributed by atoms with Crippen LogP contribution in [0.1, 0.15) is 20.8 Å². The molecule has 0 unspecified atom stereocenters. The molecule has 26 heavy (non-hydrogen) atoms. The van der Waals surface area contributed by atoms with Crippen LogP contribution in [-0.2, 0) is 4.74 Å². The van der Waals surface area contributed by atoms with E-state index in [1.165, 1.54) is 25.4 Å². The van der Waals surface area contributed by atoms with E-state index >= 15 is 0 Å². The highest BCUT2D eigenvalue weighted by atomic mass is 16.5. The van der Waals surface area contributed by atoms with Crippen LogP contribution >= 0.6 is 0 Å². The molecule has 3 rings (SSSR count). The first-order valence-corrected chi connectivity index (χ1v) is 8.07. The highest BCUT2D eigenvalue weighted by Gasteiger charge is 2.25. The first kappa shape index (κ1) is 17.6. The van der Waals surface area contributed by atoms with Gasteiger partial charge in [0.15, 0.2) is 5.82 Å². The molecule has 0 spiro atoms. The number of pyridine rings is 2. The van der Waals surface area contributed by atoms with Crippen LogP contribution in [0.2, 0.25) is 0 Å². The van der Waals surface area contributed by atoms with Gasteiger partial charge in [-0.3, -0.25) is 20.5 Å². The molecule has 1 aliphatic heterocycles. The van der Waals surface area contributed by atoms with Crippen molar-refractivity contribution in [3.63, 3.8) is 0 Å². The molecule has 9 nitrogen and oxygen atoms in total. The number of ether oxygens (including phenoxy) is 1. The van der Waals surface area contributed by atoms with Crippen molar-refractivity contribution >= 4 is 23.4 Å². The number of amides is 1. The Balaban J connectivity index is 1.64. The summed E-state index contributed by atoms with van der Waals surface area (Å²) in [4.78, 5) is 36.0. The van der Waals surface area contributed by atoms with Gasteiger partial charge in [-0.1, -0.05) is 0 Å². The van der Waals surface area contributed by atoms with Crippen molar-refractivity contribution in [3.8, 4) is 0 Å². The second-order valence-corrected chi connectivity index (χ2v) is 5.69. The maximum absolute atomic E-state index is 12.6. The zero-order valence-electron chi connectivity index (χ0n) is 14.3. The predicted molar refractivity (Wildman–Crippen MR) is 93.3 cm³/mol. The Morgan fingerprint density at radius 3 is 2.54 bits per heavy atom. The molecule has 0 saturated carbocycles. The van der Waals surface area contributed by atoms with E-state index in [9.17, 15) is 14.8 Å². The van der Waals surface area contributed by atoms with Gasteiger partial charge in [-0.2, -0.15) is 0 Å². The molecule has 1 aliphatic rings. The average molecular weight is 357 g/mol. The van der Waals surface area contributed by atoms with E-state index in [1.54, 1.807) is 23.2 Å². The van der Waals surface area contributed by atoms with E-state index < -0.39 is 5.97 Å². The molecule has 2 N–H and O–H groups in total. The standard InChI is InChI=1S/C17H19N5O4/c1-26-17(24)12-4-5-14(19-11-12)16(23)22-9-7-21(8-10-22)15-13(20-25)3-2-6-18-15/h2-6,11,20,25H,7-10H2,1H3.